The molecule has 144 valence electrons. The van der Waals surface area contributed by atoms with E-state index in [4.69, 9.17) is 0 Å². The van der Waals surface area contributed by atoms with Gasteiger partial charge in [-0.05, 0) is 48.0 Å². The maximum atomic E-state index is 13.2. The molecule has 0 atom stereocenters. The molecule has 0 aromatic heterocycles. The second kappa shape index (κ2) is 9.29. The molecule has 0 radical (unpaired) electrons. The van der Waals surface area contributed by atoms with Crippen molar-refractivity contribution >= 4 is 23.4 Å². The molecule has 0 aliphatic heterocycles. The maximum absolute atomic E-state index is 13.2. The van der Waals surface area contributed by atoms with Crippen LogP contribution in [0.4, 0.5) is 20.2 Å². The van der Waals surface area contributed by atoms with E-state index in [1.807, 2.05) is 18.2 Å². The van der Waals surface area contributed by atoms with Gasteiger partial charge in [0, 0.05) is 11.4 Å². The Balaban J connectivity index is 1.95. The number of para-hydroxylation sites is 2. The van der Waals surface area contributed by atoms with Gasteiger partial charge in [-0.15, -0.1) is 0 Å². The van der Waals surface area contributed by atoms with Crippen molar-refractivity contribution in [3.8, 4) is 11.8 Å². The summed E-state index contributed by atoms with van der Waals surface area (Å²) in [7, 11) is 0. The van der Waals surface area contributed by atoms with Gasteiger partial charge in [0.25, 0.3) is 5.91 Å². The van der Waals surface area contributed by atoms with Crippen LogP contribution in [-0.4, -0.2) is 12.5 Å². The maximum Gasteiger partial charge on any atom is 0.387 e. The number of ether oxygens (including phenoxy) is 1. The molecule has 3 aromatic carbocycles. The number of carbonyl (C=O) groups is 1. The van der Waals surface area contributed by atoms with Gasteiger partial charge >= 0.3 is 6.61 Å². The molecule has 3 rings (SSSR count). The third kappa shape index (κ3) is 5.05. The van der Waals surface area contributed by atoms with Crippen molar-refractivity contribution in [2.45, 2.75) is 6.61 Å². The zero-order valence-corrected chi connectivity index (χ0v) is 15.2. The van der Waals surface area contributed by atoms with E-state index in [9.17, 15) is 18.8 Å². The number of carbonyl (C=O) groups excluding carboxylic acids is 1. The first-order valence-electron chi connectivity index (χ1n) is 8.69. The highest BCUT2D eigenvalue weighted by molar-refractivity contribution is 6.15. The molecular formula is C23H16F2N2O2. The molecule has 6 heteroatoms. The molecule has 0 N–H and O–H groups in total. The number of halogens is 2. The third-order valence-electron chi connectivity index (χ3n) is 4.00. The number of nitrogens with zero attached hydrogens (tertiary/aromatic N) is 2. The van der Waals surface area contributed by atoms with Crippen LogP contribution in [0.3, 0.4) is 0 Å². The molecule has 4 nitrogen and oxygen atoms in total. The zero-order valence-electron chi connectivity index (χ0n) is 15.2. The number of anilines is 2. The first-order valence-corrected chi connectivity index (χ1v) is 8.69. The fraction of sp³-hybridized carbons (Fsp3) is 0.0435. The monoisotopic (exact) mass is 390 g/mol. The third-order valence-corrected chi connectivity index (χ3v) is 4.00. The molecule has 0 aliphatic rings. The van der Waals surface area contributed by atoms with Crippen LogP contribution in [0.1, 0.15) is 5.56 Å². The lowest BCUT2D eigenvalue weighted by atomic mass is 10.1. The van der Waals surface area contributed by atoms with Crippen molar-refractivity contribution in [2.24, 2.45) is 0 Å². The van der Waals surface area contributed by atoms with Gasteiger partial charge in [-0.2, -0.15) is 14.0 Å². The van der Waals surface area contributed by atoms with Crippen molar-refractivity contribution in [3.05, 3.63) is 96.1 Å². The highest BCUT2D eigenvalue weighted by atomic mass is 19.3. The highest BCUT2D eigenvalue weighted by Crippen LogP contribution is 2.27. The Kier molecular flexibility index (Phi) is 6.33. The molecule has 0 fully saturated rings. The normalized spacial score (nSPS) is 11.0. The molecule has 0 saturated heterocycles. The SMILES string of the molecule is N#CC(=Cc1ccc(OC(F)F)cc1)C(=O)N(c1ccccc1)c1ccccc1. The number of nitriles is 1. The molecule has 0 spiro atoms. The van der Waals surface area contributed by atoms with Gasteiger partial charge in [-0.1, -0.05) is 48.5 Å². The predicted molar refractivity (Wildman–Crippen MR) is 107 cm³/mol. The van der Waals surface area contributed by atoms with Crippen LogP contribution >= 0.6 is 0 Å². The lowest BCUT2D eigenvalue weighted by Gasteiger charge is -2.22. The molecule has 3 aromatic rings. The van der Waals surface area contributed by atoms with Crippen LogP contribution in [0.5, 0.6) is 5.75 Å². The van der Waals surface area contributed by atoms with E-state index in [2.05, 4.69) is 4.74 Å². The molecule has 29 heavy (non-hydrogen) atoms. The van der Waals surface area contributed by atoms with E-state index in [0.717, 1.165) is 0 Å². The summed E-state index contributed by atoms with van der Waals surface area (Å²) in [5.41, 5.74) is 1.65. The number of amides is 1. The minimum absolute atomic E-state index is 0.00261. The average Bonchev–Trinajstić information content (AvgIpc) is 2.74. The largest absolute Gasteiger partial charge is 0.435 e. The average molecular weight is 390 g/mol. The molecule has 0 saturated carbocycles. The van der Waals surface area contributed by atoms with Crippen molar-refractivity contribution in [3.63, 3.8) is 0 Å². The van der Waals surface area contributed by atoms with E-state index < -0.39 is 12.5 Å². The Labute approximate surface area is 166 Å². The van der Waals surface area contributed by atoms with Gasteiger partial charge in [0.15, 0.2) is 0 Å². The Morgan fingerprint density at radius 3 is 1.86 bits per heavy atom. The van der Waals surface area contributed by atoms with E-state index in [1.165, 1.54) is 35.2 Å². The minimum atomic E-state index is -2.92. The quantitative estimate of drug-likeness (QED) is 0.409. The number of hydrogen-bond donors (Lipinski definition) is 0. The Hall–Kier alpha value is -3.98. The van der Waals surface area contributed by atoms with Gasteiger partial charge < -0.3 is 4.74 Å². The van der Waals surface area contributed by atoms with Crippen LogP contribution < -0.4 is 9.64 Å². The Morgan fingerprint density at radius 1 is 0.897 bits per heavy atom. The van der Waals surface area contributed by atoms with Crippen molar-refractivity contribution < 1.29 is 18.3 Å². The summed E-state index contributed by atoms with van der Waals surface area (Å²) in [5, 5.41) is 9.58. The summed E-state index contributed by atoms with van der Waals surface area (Å²) < 4.78 is 28.9. The van der Waals surface area contributed by atoms with Crippen LogP contribution in [0.15, 0.2) is 90.5 Å². The van der Waals surface area contributed by atoms with Crippen LogP contribution in [0.2, 0.25) is 0 Å². The second-order valence-corrected chi connectivity index (χ2v) is 5.93. The molecule has 0 aliphatic carbocycles. The molecule has 0 bridgehead atoms. The fourth-order valence-electron chi connectivity index (χ4n) is 2.71. The van der Waals surface area contributed by atoms with Crippen LogP contribution in [0, 0.1) is 11.3 Å². The Bertz CT molecular complexity index is 988. The summed E-state index contributed by atoms with van der Waals surface area (Å²) >= 11 is 0. The smallest absolute Gasteiger partial charge is 0.387 e. The summed E-state index contributed by atoms with van der Waals surface area (Å²) in [5.74, 6) is -0.505. The second-order valence-electron chi connectivity index (χ2n) is 5.93. The van der Waals surface area contributed by atoms with Crippen molar-refractivity contribution in [1.29, 1.82) is 5.26 Å². The topological polar surface area (TPSA) is 53.3 Å². The Morgan fingerprint density at radius 2 is 1.41 bits per heavy atom. The van der Waals surface area contributed by atoms with E-state index in [0.29, 0.717) is 16.9 Å². The standard InChI is InChI=1S/C23H16F2N2O2/c24-23(25)29-21-13-11-17(12-14-21)15-18(16-26)22(28)27(19-7-3-1-4-8-19)20-9-5-2-6-10-20/h1-15,23H. The molecular weight excluding hydrogens is 374 g/mol. The van der Waals surface area contributed by atoms with Gasteiger partial charge in [-0.25, -0.2) is 0 Å². The van der Waals surface area contributed by atoms with Crippen LogP contribution in [-0.2, 0) is 4.79 Å². The van der Waals surface area contributed by atoms with E-state index in [-0.39, 0.29) is 11.3 Å². The van der Waals surface area contributed by atoms with E-state index in [1.54, 1.807) is 48.5 Å². The highest BCUT2D eigenvalue weighted by Gasteiger charge is 2.21. The zero-order chi connectivity index (χ0) is 20.6. The number of benzene rings is 3. The lowest BCUT2D eigenvalue weighted by molar-refractivity contribution is -0.114. The van der Waals surface area contributed by atoms with Gasteiger partial charge in [0.05, 0.1) is 0 Å². The fourth-order valence-corrected chi connectivity index (χ4v) is 2.71. The van der Waals surface area contributed by atoms with E-state index >= 15 is 0 Å². The summed E-state index contributed by atoms with van der Waals surface area (Å²) in [6.07, 6.45) is 1.41. The van der Waals surface area contributed by atoms with Crippen molar-refractivity contribution in [2.75, 3.05) is 4.90 Å². The number of alkyl halides is 2. The van der Waals surface area contributed by atoms with Gasteiger partial charge in [0.2, 0.25) is 0 Å². The first-order chi connectivity index (χ1) is 14.1. The lowest BCUT2D eigenvalue weighted by Crippen LogP contribution is -2.27. The molecule has 0 unspecified atom stereocenters. The van der Waals surface area contributed by atoms with Gasteiger partial charge in [0.1, 0.15) is 17.4 Å². The summed E-state index contributed by atoms with van der Waals surface area (Å²) in [4.78, 5) is 14.7. The predicted octanol–water partition coefficient (Wildman–Crippen LogP) is 5.56. The molecule has 0 heterocycles. The summed E-state index contributed by atoms with van der Waals surface area (Å²) in [6.45, 7) is -2.92. The summed E-state index contributed by atoms with van der Waals surface area (Å²) in [6, 6.07) is 25.6. The number of hydrogen-bond acceptors (Lipinski definition) is 3. The molecule has 1 amide bonds. The number of rotatable bonds is 6. The van der Waals surface area contributed by atoms with Crippen molar-refractivity contribution in [1.82, 2.24) is 0 Å². The minimum Gasteiger partial charge on any atom is -0.435 e. The van der Waals surface area contributed by atoms with Gasteiger partial charge in [-0.3, -0.25) is 9.69 Å². The van der Waals surface area contributed by atoms with Crippen LogP contribution in [0.25, 0.3) is 6.08 Å². The first kappa shape index (κ1) is 19.8.